The molecule has 3 aromatic rings. The molecule has 0 aliphatic rings. The Morgan fingerprint density at radius 1 is 0.929 bits per heavy atom. The standard InChI is InChI=1S/C20H21NO2.ClHO4/c1-14-4-7-16(8-5-14)20-13-18(21-10-3-11-22)17-12-15(2)6-9-19(17)23-20;2-1(3,4)5/h4-9,12-13,22H,3,10-11H2,1-2H3;(H,2,3,4,5). The highest BCUT2D eigenvalue weighted by atomic mass is 35.7. The Labute approximate surface area is 164 Å². The van der Waals surface area contributed by atoms with Crippen molar-refractivity contribution in [3.8, 4) is 11.3 Å². The van der Waals surface area contributed by atoms with Gasteiger partial charge in [-0.1, -0.05) is 41.5 Å². The van der Waals surface area contributed by atoms with Gasteiger partial charge in [0.2, 0.25) is 5.36 Å². The fourth-order valence-corrected chi connectivity index (χ4v) is 2.61. The molecule has 0 aliphatic heterocycles. The van der Waals surface area contributed by atoms with Gasteiger partial charge in [-0.3, -0.25) is 0 Å². The van der Waals surface area contributed by atoms with Gasteiger partial charge in [-0.25, -0.2) is 23.6 Å². The predicted octanol–water partition coefficient (Wildman–Crippen LogP) is -2.68. The molecule has 150 valence electrons. The minimum Gasteiger partial charge on any atom is -0.456 e. The number of halogens is 1. The molecule has 0 radical (unpaired) electrons. The van der Waals surface area contributed by atoms with Crippen LogP contribution in [0.3, 0.4) is 0 Å². The van der Waals surface area contributed by atoms with Crippen molar-refractivity contribution in [1.82, 2.24) is 0 Å². The number of fused-ring (bicyclic) bond motifs is 1. The third kappa shape index (κ3) is 7.05. The quantitative estimate of drug-likeness (QED) is 0.452. The molecular formula is C20H22ClNO6. The van der Waals surface area contributed by atoms with Gasteiger partial charge in [-0.05, 0) is 26.0 Å². The number of aryl methyl sites for hydroxylation is 2. The second kappa shape index (κ2) is 9.79. The molecule has 0 unspecified atom stereocenters. The minimum absolute atomic E-state index is 0.186. The van der Waals surface area contributed by atoms with Gasteiger partial charge in [-0.2, -0.15) is 0 Å². The molecule has 2 N–H and O–H groups in total. The van der Waals surface area contributed by atoms with Crippen molar-refractivity contribution in [3.63, 3.8) is 0 Å². The lowest BCUT2D eigenvalue weighted by Crippen LogP contribution is -2.76. The molecule has 0 aliphatic carbocycles. The summed E-state index contributed by atoms with van der Waals surface area (Å²) in [7, 11) is -4.94. The van der Waals surface area contributed by atoms with Crippen LogP contribution in [0.4, 0.5) is 0 Å². The van der Waals surface area contributed by atoms with Crippen LogP contribution in [0.25, 0.3) is 22.3 Å². The molecule has 1 heterocycles. The number of nitrogens with one attached hydrogen (secondary N) is 1. The molecule has 0 atom stereocenters. The van der Waals surface area contributed by atoms with Gasteiger partial charge >= 0.3 is 0 Å². The number of aliphatic hydroxyl groups is 1. The smallest absolute Gasteiger partial charge is 0.213 e. The van der Waals surface area contributed by atoms with Crippen molar-refractivity contribution < 1.29 is 43.4 Å². The van der Waals surface area contributed by atoms with Gasteiger partial charge in [0, 0.05) is 18.6 Å². The predicted molar refractivity (Wildman–Crippen MR) is 91.8 cm³/mol. The summed E-state index contributed by atoms with van der Waals surface area (Å²) >= 11 is 0. The van der Waals surface area contributed by atoms with Crippen LogP contribution in [0, 0.1) is 24.1 Å². The van der Waals surface area contributed by atoms with E-state index in [2.05, 4.69) is 55.2 Å². The van der Waals surface area contributed by atoms with E-state index in [0.29, 0.717) is 0 Å². The molecule has 7 nitrogen and oxygen atoms in total. The maximum Gasteiger partial charge on any atom is 0.213 e. The van der Waals surface area contributed by atoms with Gasteiger partial charge in [0.1, 0.15) is 17.9 Å². The lowest BCUT2D eigenvalue weighted by Gasteiger charge is -2.17. The third-order valence-electron chi connectivity index (χ3n) is 3.91. The zero-order chi connectivity index (χ0) is 20.7. The fraction of sp³-hybridized carbons (Fsp3) is 0.250. The van der Waals surface area contributed by atoms with Gasteiger partial charge in [0.05, 0.1) is 11.5 Å². The van der Waals surface area contributed by atoms with Crippen molar-refractivity contribution in [2.75, 3.05) is 13.2 Å². The highest BCUT2D eigenvalue weighted by molar-refractivity contribution is 5.78. The van der Waals surface area contributed by atoms with Crippen LogP contribution in [-0.4, -0.2) is 18.3 Å². The second-order valence-electron chi connectivity index (χ2n) is 6.27. The lowest BCUT2D eigenvalue weighted by molar-refractivity contribution is -2.00. The van der Waals surface area contributed by atoms with Crippen molar-refractivity contribution in [1.29, 1.82) is 0 Å². The maximum absolute atomic E-state index is 9.00. The van der Waals surface area contributed by atoms with Crippen molar-refractivity contribution in [2.45, 2.75) is 20.3 Å². The number of benzene rings is 2. The number of hydrogen-bond donors (Lipinski definition) is 2. The van der Waals surface area contributed by atoms with E-state index in [0.717, 1.165) is 40.6 Å². The molecule has 0 spiro atoms. The highest BCUT2D eigenvalue weighted by Gasteiger charge is 2.09. The summed E-state index contributed by atoms with van der Waals surface area (Å²) in [6.45, 7) is 5.07. The van der Waals surface area contributed by atoms with E-state index >= 15 is 0 Å². The van der Waals surface area contributed by atoms with E-state index in [1.807, 2.05) is 12.1 Å². The van der Waals surface area contributed by atoms with Crippen LogP contribution in [0.2, 0.25) is 0 Å². The molecule has 8 heteroatoms. The van der Waals surface area contributed by atoms with E-state index in [1.54, 1.807) is 0 Å². The van der Waals surface area contributed by atoms with Gasteiger partial charge in [-0.15, -0.1) is 10.2 Å². The van der Waals surface area contributed by atoms with Crippen molar-refractivity contribution >= 4 is 11.0 Å². The van der Waals surface area contributed by atoms with Gasteiger partial charge < -0.3 is 9.52 Å². The first-order valence-corrected chi connectivity index (χ1v) is 9.82. The number of rotatable bonds is 4. The van der Waals surface area contributed by atoms with Crippen LogP contribution in [0.15, 0.2) is 52.9 Å². The summed E-state index contributed by atoms with van der Waals surface area (Å²) < 4.78 is 40.1. The van der Waals surface area contributed by atoms with Crippen LogP contribution in [0.1, 0.15) is 17.5 Å². The van der Waals surface area contributed by atoms with Crippen LogP contribution in [0.5, 0.6) is 0 Å². The number of hydrogen-bond acceptors (Lipinski definition) is 6. The topological polar surface area (TPSA) is 140 Å². The SMILES string of the molecule is Cc1ccc(-c2cc(=[NH+]CCCO)c3cc(C)ccc3o2)cc1.[O-][Cl+3]([O-])([O-])[O-]. The average molecular weight is 408 g/mol. The summed E-state index contributed by atoms with van der Waals surface area (Å²) in [4.78, 5) is 3.42. The zero-order valence-corrected chi connectivity index (χ0v) is 16.4. The fourth-order valence-electron chi connectivity index (χ4n) is 2.61. The highest BCUT2D eigenvalue weighted by Crippen LogP contribution is 2.22. The zero-order valence-electron chi connectivity index (χ0n) is 15.6. The van der Waals surface area contributed by atoms with E-state index in [4.69, 9.17) is 28.2 Å². The van der Waals surface area contributed by atoms with Gasteiger partial charge in [0.15, 0.2) is 0 Å². The van der Waals surface area contributed by atoms with Crippen LogP contribution in [-0.2, 0) is 0 Å². The van der Waals surface area contributed by atoms with Crippen LogP contribution < -0.4 is 29.0 Å². The first-order chi connectivity index (χ1) is 13.2. The van der Waals surface area contributed by atoms with E-state index in [9.17, 15) is 0 Å². The molecule has 28 heavy (non-hydrogen) atoms. The minimum atomic E-state index is -4.94. The molecular weight excluding hydrogens is 386 g/mol. The number of aliphatic hydroxyl groups excluding tert-OH is 1. The molecule has 1 aromatic heterocycles. The Hall–Kier alpha value is -2.26. The van der Waals surface area contributed by atoms with Gasteiger partial charge in [0.25, 0.3) is 0 Å². The summed E-state index contributed by atoms with van der Waals surface area (Å²) in [6, 6.07) is 16.6. The summed E-state index contributed by atoms with van der Waals surface area (Å²) in [5.41, 5.74) is 4.34. The molecule has 0 saturated carbocycles. The molecule has 0 fully saturated rings. The van der Waals surface area contributed by atoms with Crippen LogP contribution >= 0.6 is 0 Å². The molecule has 3 rings (SSSR count). The Morgan fingerprint density at radius 2 is 1.54 bits per heavy atom. The third-order valence-corrected chi connectivity index (χ3v) is 3.91. The Balaban J connectivity index is 0.000000500. The normalized spacial score (nSPS) is 12.0. The Morgan fingerprint density at radius 3 is 2.14 bits per heavy atom. The Kier molecular flexibility index (Phi) is 7.70. The maximum atomic E-state index is 9.00. The van der Waals surface area contributed by atoms with E-state index < -0.39 is 10.2 Å². The largest absolute Gasteiger partial charge is 0.456 e. The molecule has 0 amide bonds. The summed E-state index contributed by atoms with van der Waals surface area (Å²) in [6.07, 6.45) is 0.721. The first-order valence-electron chi connectivity index (χ1n) is 8.58. The molecule has 2 aromatic carbocycles. The molecule has 0 saturated heterocycles. The summed E-state index contributed by atoms with van der Waals surface area (Å²) in [5, 5.41) is 11.1. The van der Waals surface area contributed by atoms with Crippen molar-refractivity contribution in [2.24, 2.45) is 0 Å². The van der Waals surface area contributed by atoms with E-state index in [-0.39, 0.29) is 6.61 Å². The first kappa shape index (κ1) is 22.0. The average Bonchev–Trinajstić information content (AvgIpc) is 2.61. The Bertz CT molecular complexity index is 971. The second-order valence-corrected chi connectivity index (χ2v) is 7.03. The molecule has 0 bridgehead atoms. The van der Waals surface area contributed by atoms with E-state index in [1.165, 1.54) is 11.1 Å². The lowest BCUT2D eigenvalue weighted by atomic mass is 10.1. The summed E-state index contributed by atoms with van der Waals surface area (Å²) in [5.74, 6) is 0.841. The monoisotopic (exact) mass is 407 g/mol. The van der Waals surface area contributed by atoms with Crippen molar-refractivity contribution in [3.05, 3.63) is 65.0 Å².